The quantitative estimate of drug-likeness (QED) is 0.485. The molecule has 0 fully saturated rings. The number of phenols is 2. The van der Waals surface area contributed by atoms with E-state index in [-0.39, 0.29) is 17.4 Å². The van der Waals surface area contributed by atoms with Gasteiger partial charge in [0, 0.05) is 15.7 Å². The van der Waals surface area contributed by atoms with Crippen molar-refractivity contribution < 1.29 is 14.7 Å². The normalized spacial score (nSPS) is 10.7. The number of phenolic OH excluding ortho intramolecular Hbond substituents is 2. The molecule has 3 aromatic rings. The lowest BCUT2D eigenvalue weighted by atomic mass is 10.1. The maximum atomic E-state index is 9.50. The summed E-state index contributed by atoms with van der Waals surface area (Å²) in [4.78, 5) is 4.25. The van der Waals surface area contributed by atoms with Gasteiger partial charge in [-0.2, -0.15) is 4.98 Å². The van der Waals surface area contributed by atoms with Crippen molar-refractivity contribution in [1.82, 2.24) is 10.1 Å². The summed E-state index contributed by atoms with van der Waals surface area (Å²) in [5.74, 6) is 0.117. The Labute approximate surface area is 128 Å². The molecule has 0 aliphatic heterocycles. The number of nitrogens with zero attached hydrogens (tertiary/aromatic N) is 2. The molecule has 106 valence electrons. The van der Waals surface area contributed by atoms with Crippen molar-refractivity contribution in [3.8, 4) is 34.3 Å². The Morgan fingerprint density at radius 2 is 1.86 bits per heavy atom. The average molecular weight is 348 g/mol. The number of halogens is 1. The minimum atomic E-state index is -0.248. The summed E-state index contributed by atoms with van der Waals surface area (Å²) in [5.41, 5.74) is 7.57. The summed E-state index contributed by atoms with van der Waals surface area (Å²) in [5, 5.41) is 22.7. The molecule has 21 heavy (non-hydrogen) atoms. The Morgan fingerprint density at radius 1 is 1.05 bits per heavy atom. The number of anilines is 1. The van der Waals surface area contributed by atoms with E-state index in [2.05, 4.69) is 26.1 Å². The SMILES string of the molecule is Nc1cc(Br)ccc1-c1nc(-c2ccc(O)c(O)c2)no1. The van der Waals surface area contributed by atoms with E-state index in [4.69, 9.17) is 10.3 Å². The zero-order valence-corrected chi connectivity index (χ0v) is 12.2. The van der Waals surface area contributed by atoms with E-state index in [0.29, 0.717) is 22.6 Å². The molecule has 0 spiro atoms. The molecule has 1 aromatic heterocycles. The van der Waals surface area contributed by atoms with E-state index in [9.17, 15) is 10.2 Å². The lowest BCUT2D eigenvalue weighted by molar-refractivity contribution is 0.404. The standard InChI is InChI=1S/C14H10BrN3O3/c15-8-2-3-9(10(16)6-8)14-17-13(18-21-14)7-1-4-11(19)12(20)5-7/h1-6,19-20H,16H2. The predicted molar refractivity (Wildman–Crippen MR) is 80.6 cm³/mol. The van der Waals surface area contributed by atoms with Gasteiger partial charge in [0.1, 0.15) is 0 Å². The molecular weight excluding hydrogens is 338 g/mol. The number of aromatic nitrogens is 2. The van der Waals surface area contributed by atoms with Crippen LogP contribution in [0.25, 0.3) is 22.8 Å². The van der Waals surface area contributed by atoms with Crippen molar-refractivity contribution in [3.05, 3.63) is 40.9 Å². The molecule has 3 rings (SSSR count). The number of aromatic hydroxyl groups is 2. The summed E-state index contributed by atoms with van der Waals surface area (Å²) in [6.45, 7) is 0. The number of hydrogen-bond donors (Lipinski definition) is 3. The highest BCUT2D eigenvalue weighted by Gasteiger charge is 2.14. The van der Waals surface area contributed by atoms with Crippen LogP contribution in [0.15, 0.2) is 45.4 Å². The molecule has 0 saturated heterocycles. The van der Waals surface area contributed by atoms with Gasteiger partial charge < -0.3 is 20.5 Å². The average Bonchev–Trinajstić information content (AvgIpc) is 2.91. The molecule has 0 aliphatic carbocycles. The van der Waals surface area contributed by atoms with Gasteiger partial charge in [-0.05, 0) is 36.4 Å². The van der Waals surface area contributed by atoms with E-state index in [0.717, 1.165) is 4.47 Å². The second-order valence-electron chi connectivity index (χ2n) is 4.36. The topological polar surface area (TPSA) is 105 Å². The van der Waals surface area contributed by atoms with Crippen LogP contribution >= 0.6 is 15.9 Å². The van der Waals surface area contributed by atoms with E-state index >= 15 is 0 Å². The minimum absolute atomic E-state index is 0.209. The van der Waals surface area contributed by atoms with Crippen molar-refractivity contribution in [2.75, 3.05) is 5.73 Å². The highest BCUT2D eigenvalue weighted by atomic mass is 79.9. The third-order valence-electron chi connectivity index (χ3n) is 2.90. The molecule has 0 atom stereocenters. The first kappa shape index (κ1) is 13.4. The van der Waals surface area contributed by atoms with Crippen LogP contribution in [0.1, 0.15) is 0 Å². The molecule has 0 bridgehead atoms. The monoisotopic (exact) mass is 347 g/mol. The Balaban J connectivity index is 2.01. The Hall–Kier alpha value is -2.54. The first-order chi connectivity index (χ1) is 10.0. The maximum Gasteiger partial charge on any atom is 0.260 e. The number of benzene rings is 2. The summed E-state index contributed by atoms with van der Waals surface area (Å²) in [7, 11) is 0. The Kier molecular flexibility index (Phi) is 3.26. The van der Waals surface area contributed by atoms with Gasteiger partial charge in [0.15, 0.2) is 11.5 Å². The van der Waals surface area contributed by atoms with Crippen molar-refractivity contribution >= 4 is 21.6 Å². The fourth-order valence-corrected chi connectivity index (χ4v) is 2.22. The van der Waals surface area contributed by atoms with Crippen LogP contribution in [-0.4, -0.2) is 20.4 Å². The first-order valence-electron chi connectivity index (χ1n) is 5.96. The molecule has 0 aliphatic rings. The summed E-state index contributed by atoms with van der Waals surface area (Å²) < 4.78 is 6.05. The van der Waals surface area contributed by atoms with E-state index in [1.54, 1.807) is 18.2 Å². The second-order valence-corrected chi connectivity index (χ2v) is 5.27. The molecule has 0 unspecified atom stereocenters. The van der Waals surface area contributed by atoms with Crippen LogP contribution in [0.2, 0.25) is 0 Å². The van der Waals surface area contributed by atoms with Crippen LogP contribution in [0, 0.1) is 0 Å². The number of hydrogen-bond acceptors (Lipinski definition) is 6. The zero-order valence-electron chi connectivity index (χ0n) is 10.6. The van der Waals surface area contributed by atoms with Crippen LogP contribution in [0.3, 0.4) is 0 Å². The third kappa shape index (κ3) is 2.55. The Morgan fingerprint density at radius 3 is 2.57 bits per heavy atom. The lowest BCUT2D eigenvalue weighted by Gasteiger charge is -2.00. The summed E-state index contributed by atoms with van der Waals surface area (Å²) in [6, 6.07) is 9.62. The Bertz CT molecular complexity index is 817. The molecule has 2 aromatic carbocycles. The lowest BCUT2D eigenvalue weighted by Crippen LogP contribution is -1.90. The highest BCUT2D eigenvalue weighted by molar-refractivity contribution is 9.10. The van der Waals surface area contributed by atoms with Crippen molar-refractivity contribution in [3.63, 3.8) is 0 Å². The molecular formula is C14H10BrN3O3. The third-order valence-corrected chi connectivity index (χ3v) is 3.40. The smallest absolute Gasteiger partial charge is 0.260 e. The van der Waals surface area contributed by atoms with E-state index < -0.39 is 0 Å². The first-order valence-corrected chi connectivity index (χ1v) is 6.75. The van der Waals surface area contributed by atoms with Gasteiger partial charge in [-0.25, -0.2) is 0 Å². The van der Waals surface area contributed by atoms with Crippen LogP contribution in [0.4, 0.5) is 5.69 Å². The zero-order chi connectivity index (χ0) is 15.0. The van der Waals surface area contributed by atoms with Crippen molar-refractivity contribution in [1.29, 1.82) is 0 Å². The minimum Gasteiger partial charge on any atom is -0.504 e. The van der Waals surface area contributed by atoms with Gasteiger partial charge in [-0.3, -0.25) is 0 Å². The number of nitrogens with two attached hydrogens (primary N) is 1. The second kappa shape index (κ2) is 5.10. The van der Waals surface area contributed by atoms with E-state index in [1.807, 2.05) is 6.07 Å². The molecule has 0 radical (unpaired) electrons. The van der Waals surface area contributed by atoms with Crippen molar-refractivity contribution in [2.45, 2.75) is 0 Å². The van der Waals surface area contributed by atoms with Gasteiger partial charge >= 0.3 is 0 Å². The van der Waals surface area contributed by atoms with Crippen LogP contribution < -0.4 is 5.73 Å². The van der Waals surface area contributed by atoms with Crippen LogP contribution in [-0.2, 0) is 0 Å². The van der Waals surface area contributed by atoms with Gasteiger partial charge in [-0.1, -0.05) is 21.1 Å². The van der Waals surface area contributed by atoms with Gasteiger partial charge in [-0.15, -0.1) is 0 Å². The predicted octanol–water partition coefficient (Wildman–Crippen LogP) is 3.16. The van der Waals surface area contributed by atoms with E-state index in [1.165, 1.54) is 12.1 Å². The molecule has 6 nitrogen and oxygen atoms in total. The molecule has 0 amide bonds. The van der Waals surface area contributed by atoms with Gasteiger partial charge in [0.25, 0.3) is 5.89 Å². The highest BCUT2D eigenvalue weighted by Crippen LogP contribution is 2.32. The molecule has 1 heterocycles. The van der Waals surface area contributed by atoms with Gasteiger partial charge in [0.2, 0.25) is 5.82 Å². The number of rotatable bonds is 2. The fourth-order valence-electron chi connectivity index (χ4n) is 1.84. The molecule has 7 heteroatoms. The fraction of sp³-hybridized carbons (Fsp3) is 0. The van der Waals surface area contributed by atoms with Gasteiger partial charge in [0.05, 0.1) is 5.56 Å². The summed E-state index contributed by atoms with van der Waals surface area (Å²) in [6.07, 6.45) is 0. The maximum absolute atomic E-state index is 9.50. The molecule has 0 saturated carbocycles. The van der Waals surface area contributed by atoms with Crippen molar-refractivity contribution in [2.24, 2.45) is 0 Å². The largest absolute Gasteiger partial charge is 0.504 e. The number of nitrogen functional groups attached to an aromatic ring is 1. The molecule has 4 N–H and O–H groups in total. The summed E-state index contributed by atoms with van der Waals surface area (Å²) >= 11 is 3.33. The van der Waals surface area contributed by atoms with Crippen LogP contribution in [0.5, 0.6) is 11.5 Å².